The van der Waals surface area contributed by atoms with Gasteiger partial charge in [-0.05, 0) is 32.0 Å². The molecule has 1 rings (SSSR count). The van der Waals surface area contributed by atoms with Crippen LogP contribution in [0, 0.1) is 5.82 Å². The van der Waals surface area contributed by atoms with Gasteiger partial charge in [-0.3, -0.25) is 0 Å². The second kappa shape index (κ2) is 7.44. The summed E-state index contributed by atoms with van der Waals surface area (Å²) >= 11 is 0. The SMILES string of the molecule is CCOCC(C)NC(=O)Nc1ccc(F)c(C(=O)O)c1. The van der Waals surface area contributed by atoms with Gasteiger partial charge in [-0.25, -0.2) is 14.0 Å². The van der Waals surface area contributed by atoms with Crippen LogP contribution in [-0.4, -0.2) is 36.4 Å². The van der Waals surface area contributed by atoms with Crippen LogP contribution in [0.4, 0.5) is 14.9 Å². The molecule has 0 bridgehead atoms. The number of rotatable bonds is 6. The molecule has 0 fully saturated rings. The van der Waals surface area contributed by atoms with Gasteiger partial charge in [-0.15, -0.1) is 0 Å². The first kappa shape index (κ1) is 15.9. The van der Waals surface area contributed by atoms with E-state index in [0.717, 1.165) is 12.1 Å². The van der Waals surface area contributed by atoms with Gasteiger partial charge < -0.3 is 20.5 Å². The number of ether oxygens (including phenoxy) is 1. The zero-order valence-electron chi connectivity index (χ0n) is 11.3. The second-order valence-electron chi connectivity index (χ2n) is 4.16. The number of hydrogen-bond acceptors (Lipinski definition) is 3. The van der Waals surface area contributed by atoms with Crippen molar-refractivity contribution in [1.82, 2.24) is 5.32 Å². The van der Waals surface area contributed by atoms with Crippen LogP contribution < -0.4 is 10.6 Å². The van der Waals surface area contributed by atoms with E-state index < -0.39 is 23.4 Å². The van der Waals surface area contributed by atoms with E-state index in [2.05, 4.69) is 10.6 Å². The monoisotopic (exact) mass is 284 g/mol. The van der Waals surface area contributed by atoms with Crippen molar-refractivity contribution < 1.29 is 23.8 Å². The Morgan fingerprint density at radius 3 is 2.75 bits per heavy atom. The van der Waals surface area contributed by atoms with E-state index in [1.807, 2.05) is 6.92 Å². The quantitative estimate of drug-likeness (QED) is 0.746. The zero-order chi connectivity index (χ0) is 15.1. The predicted molar refractivity (Wildman–Crippen MR) is 71.5 cm³/mol. The van der Waals surface area contributed by atoms with Gasteiger partial charge in [-0.2, -0.15) is 0 Å². The van der Waals surface area contributed by atoms with Crippen molar-refractivity contribution in [2.75, 3.05) is 18.5 Å². The molecule has 20 heavy (non-hydrogen) atoms. The van der Waals surface area contributed by atoms with Crippen molar-refractivity contribution in [1.29, 1.82) is 0 Å². The Labute approximate surface area is 115 Å². The van der Waals surface area contributed by atoms with E-state index in [1.165, 1.54) is 6.07 Å². The number of anilines is 1. The third-order valence-electron chi connectivity index (χ3n) is 2.40. The molecule has 0 aliphatic carbocycles. The van der Waals surface area contributed by atoms with Crippen LogP contribution in [0.25, 0.3) is 0 Å². The second-order valence-corrected chi connectivity index (χ2v) is 4.16. The molecule has 0 aliphatic rings. The summed E-state index contributed by atoms with van der Waals surface area (Å²) in [6.07, 6.45) is 0. The summed E-state index contributed by atoms with van der Waals surface area (Å²) in [5.41, 5.74) is -0.296. The maximum absolute atomic E-state index is 13.2. The summed E-state index contributed by atoms with van der Waals surface area (Å²) in [5.74, 6) is -2.25. The molecule has 0 aliphatic heterocycles. The fourth-order valence-electron chi connectivity index (χ4n) is 1.49. The molecular weight excluding hydrogens is 267 g/mol. The van der Waals surface area contributed by atoms with Crippen LogP contribution in [0.15, 0.2) is 18.2 Å². The summed E-state index contributed by atoms with van der Waals surface area (Å²) in [7, 11) is 0. The molecule has 0 saturated carbocycles. The molecule has 1 unspecified atom stereocenters. The minimum atomic E-state index is -1.39. The molecular formula is C13H17FN2O4. The van der Waals surface area contributed by atoms with Crippen molar-refractivity contribution in [3.63, 3.8) is 0 Å². The van der Waals surface area contributed by atoms with Crippen molar-refractivity contribution in [3.8, 4) is 0 Å². The lowest BCUT2D eigenvalue weighted by atomic mass is 10.2. The Bertz CT molecular complexity index is 493. The first-order valence-electron chi connectivity index (χ1n) is 6.12. The molecule has 0 heterocycles. The number of aromatic carboxylic acids is 1. The molecule has 1 aromatic carbocycles. The highest BCUT2D eigenvalue weighted by Crippen LogP contribution is 2.14. The first-order chi connectivity index (χ1) is 9.43. The lowest BCUT2D eigenvalue weighted by Crippen LogP contribution is -2.38. The average Bonchev–Trinajstić information content (AvgIpc) is 2.38. The highest BCUT2D eigenvalue weighted by Gasteiger charge is 2.13. The molecule has 6 nitrogen and oxygen atoms in total. The van der Waals surface area contributed by atoms with Crippen LogP contribution in [0.5, 0.6) is 0 Å². The van der Waals surface area contributed by atoms with Gasteiger partial charge in [0, 0.05) is 12.3 Å². The lowest BCUT2D eigenvalue weighted by Gasteiger charge is -2.14. The molecule has 0 saturated heterocycles. The number of carboxylic acids is 1. The van der Waals surface area contributed by atoms with E-state index in [4.69, 9.17) is 9.84 Å². The van der Waals surface area contributed by atoms with Crippen molar-refractivity contribution in [3.05, 3.63) is 29.6 Å². The number of hydrogen-bond donors (Lipinski definition) is 3. The first-order valence-corrected chi connectivity index (χ1v) is 6.12. The van der Waals surface area contributed by atoms with Crippen molar-refractivity contribution in [2.45, 2.75) is 19.9 Å². The van der Waals surface area contributed by atoms with E-state index in [0.29, 0.717) is 13.2 Å². The third kappa shape index (κ3) is 4.85. The fourth-order valence-corrected chi connectivity index (χ4v) is 1.49. The van der Waals surface area contributed by atoms with E-state index in [9.17, 15) is 14.0 Å². The highest BCUT2D eigenvalue weighted by molar-refractivity contribution is 5.93. The Morgan fingerprint density at radius 1 is 1.45 bits per heavy atom. The molecule has 0 aromatic heterocycles. The molecule has 0 radical (unpaired) electrons. The standard InChI is InChI=1S/C13H17FN2O4/c1-3-20-7-8(2)15-13(19)16-9-4-5-11(14)10(6-9)12(17)18/h4-6,8H,3,7H2,1-2H3,(H,17,18)(H2,15,16,19). The summed E-state index contributed by atoms with van der Waals surface area (Å²) in [6, 6.07) is 2.62. The summed E-state index contributed by atoms with van der Waals surface area (Å²) in [4.78, 5) is 22.4. The molecule has 7 heteroatoms. The molecule has 3 N–H and O–H groups in total. The van der Waals surface area contributed by atoms with E-state index >= 15 is 0 Å². The number of carbonyl (C=O) groups is 2. The van der Waals surface area contributed by atoms with Gasteiger partial charge in [0.1, 0.15) is 5.82 Å². The Kier molecular flexibility index (Phi) is 5.92. The normalized spacial score (nSPS) is 11.8. The Morgan fingerprint density at radius 2 is 2.15 bits per heavy atom. The maximum atomic E-state index is 13.2. The Balaban J connectivity index is 2.62. The molecule has 0 spiro atoms. The third-order valence-corrected chi connectivity index (χ3v) is 2.40. The number of benzene rings is 1. The average molecular weight is 284 g/mol. The Hall–Kier alpha value is -2.15. The number of nitrogens with one attached hydrogen (secondary N) is 2. The summed E-state index contributed by atoms with van der Waals surface area (Å²) in [6.45, 7) is 4.53. The number of carbonyl (C=O) groups excluding carboxylic acids is 1. The van der Waals surface area contributed by atoms with Crippen LogP contribution in [0.3, 0.4) is 0 Å². The summed E-state index contributed by atoms with van der Waals surface area (Å²) < 4.78 is 18.3. The number of halogens is 1. The highest BCUT2D eigenvalue weighted by atomic mass is 19.1. The minimum Gasteiger partial charge on any atom is -0.478 e. The number of amides is 2. The summed E-state index contributed by atoms with van der Waals surface area (Å²) in [5, 5.41) is 13.8. The van der Waals surface area contributed by atoms with Crippen molar-refractivity contribution in [2.24, 2.45) is 0 Å². The van der Waals surface area contributed by atoms with Gasteiger partial charge in [0.05, 0.1) is 18.2 Å². The predicted octanol–water partition coefficient (Wildman–Crippen LogP) is 2.07. The van der Waals surface area contributed by atoms with Gasteiger partial charge >= 0.3 is 12.0 Å². The molecule has 2 amide bonds. The van der Waals surface area contributed by atoms with Crippen LogP contribution in [0.1, 0.15) is 24.2 Å². The van der Waals surface area contributed by atoms with Crippen LogP contribution in [-0.2, 0) is 4.74 Å². The maximum Gasteiger partial charge on any atom is 0.338 e. The van der Waals surface area contributed by atoms with Gasteiger partial charge in [0.25, 0.3) is 0 Å². The van der Waals surface area contributed by atoms with Crippen molar-refractivity contribution >= 4 is 17.7 Å². The zero-order valence-corrected chi connectivity index (χ0v) is 11.3. The van der Waals surface area contributed by atoms with Crippen LogP contribution in [0.2, 0.25) is 0 Å². The number of urea groups is 1. The molecule has 1 aromatic rings. The molecule has 110 valence electrons. The van der Waals surface area contributed by atoms with Gasteiger partial charge in [0.2, 0.25) is 0 Å². The topological polar surface area (TPSA) is 87.7 Å². The van der Waals surface area contributed by atoms with E-state index in [1.54, 1.807) is 6.92 Å². The van der Waals surface area contributed by atoms with E-state index in [-0.39, 0.29) is 11.7 Å². The molecule has 1 atom stereocenters. The fraction of sp³-hybridized carbons (Fsp3) is 0.385. The van der Waals surface area contributed by atoms with Gasteiger partial charge in [0.15, 0.2) is 0 Å². The minimum absolute atomic E-state index is 0.199. The smallest absolute Gasteiger partial charge is 0.338 e. The largest absolute Gasteiger partial charge is 0.478 e. The van der Waals surface area contributed by atoms with Gasteiger partial charge in [-0.1, -0.05) is 0 Å². The van der Waals surface area contributed by atoms with Crippen LogP contribution >= 0.6 is 0 Å². The number of carboxylic acid groups (broad SMARTS) is 1. The lowest BCUT2D eigenvalue weighted by molar-refractivity contribution is 0.0692.